The second-order valence-electron chi connectivity index (χ2n) is 3.67. The largest absolute Gasteiger partial charge is 0.354 e. The Labute approximate surface area is 88.6 Å². The van der Waals surface area contributed by atoms with Crippen LogP contribution < -0.4 is 10.6 Å². The Morgan fingerprint density at radius 1 is 1.53 bits per heavy atom. The Hall–Kier alpha value is -1.39. The first kappa shape index (κ1) is 11.7. The average molecular weight is 212 g/mol. The smallest absolute Gasteiger partial charge is 0.242 e. The van der Waals surface area contributed by atoms with E-state index in [9.17, 15) is 14.4 Å². The molecule has 5 nitrogen and oxygen atoms in total. The first-order valence-electron chi connectivity index (χ1n) is 5.22. The van der Waals surface area contributed by atoms with Crippen LogP contribution in [0.4, 0.5) is 0 Å². The fraction of sp³-hybridized carbons (Fsp3) is 0.700. The minimum absolute atomic E-state index is 0.0756. The van der Waals surface area contributed by atoms with Crippen molar-refractivity contribution in [1.82, 2.24) is 10.6 Å². The van der Waals surface area contributed by atoms with E-state index in [4.69, 9.17) is 0 Å². The Morgan fingerprint density at radius 2 is 2.27 bits per heavy atom. The number of rotatable bonds is 5. The monoisotopic (exact) mass is 212 g/mol. The third kappa shape index (κ3) is 3.69. The molecule has 1 aliphatic heterocycles. The number of ketones is 1. The molecule has 2 N–H and O–H groups in total. The molecule has 1 aliphatic rings. The normalized spacial score (nSPS) is 19.8. The number of nitrogens with one attached hydrogen (secondary N) is 2. The molecule has 1 atom stereocenters. The van der Waals surface area contributed by atoms with Crippen LogP contribution in [0.25, 0.3) is 0 Å². The first-order valence-corrected chi connectivity index (χ1v) is 5.22. The molecule has 15 heavy (non-hydrogen) atoms. The third-order valence-corrected chi connectivity index (χ3v) is 2.27. The van der Waals surface area contributed by atoms with E-state index in [1.807, 2.05) is 6.92 Å². The highest BCUT2D eigenvalue weighted by molar-refractivity contribution is 5.99. The molecule has 0 aromatic carbocycles. The molecule has 0 aliphatic carbocycles. The summed E-state index contributed by atoms with van der Waals surface area (Å²) >= 11 is 0. The molecule has 0 unspecified atom stereocenters. The standard InChI is InChI=1S/C10H16N2O3/c1-2-3-7(13)6-9(14)12-8-4-5-11-10(8)15/h8H,2-6H2,1H3,(H,11,15)(H,12,14)/t8-/m0/s1. The second-order valence-corrected chi connectivity index (χ2v) is 3.67. The van der Waals surface area contributed by atoms with Crippen LogP contribution in [0.5, 0.6) is 0 Å². The van der Waals surface area contributed by atoms with Gasteiger partial charge in [-0.05, 0) is 12.8 Å². The first-order chi connectivity index (χ1) is 7.13. The van der Waals surface area contributed by atoms with Gasteiger partial charge in [0.25, 0.3) is 0 Å². The molecule has 1 saturated heterocycles. The molecule has 0 aromatic heterocycles. The van der Waals surface area contributed by atoms with Gasteiger partial charge in [-0.3, -0.25) is 14.4 Å². The SMILES string of the molecule is CCCC(=O)CC(=O)N[C@H]1CCNC1=O. The predicted molar refractivity (Wildman–Crippen MR) is 54.1 cm³/mol. The molecule has 1 fully saturated rings. The fourth-order valence-electron chi connectivity index (χ4n) is 1.52. The maximum atomic E-state index is 11.3. The van der Waals surface area contributed by atoms with Crippen LogP contribution in [0.3, 0.4) is 0 Å². The van der Waals surface area contributed by atoms with Gasteiger partial charge in [0.05, 0.1) is 6.42 Å². The van der Waals surface area contributed by atoms with Crippen LogP contribution in [-0.4, -0.2) is 30.2 Å². The lowest BCUT2D eigenvalue weighted by atomic mass is 10.1. The van der Waals surface area contributed by atoms with Crippen LogP contribution >= 0.6 is 0 Å². The summed E-state index contributed by atoms with van der Waals surface area (Å²) in [4.78, 5) is 33.6. The van der Waals surface area contributed by atoms with Gasteiger partial charge < -0.3 is 10.6 Å². The lowest BCUT2D eigenvalue weighted by molar-refractivity contribution is -0.131. The van der Waals surface area contributed by atoms with Crippen molar-refractivity contribution in [3.63, 3.8) is 0 Å². The Bertz CT molecular complexity index is 276. The zero-order valence-electron chi connectivity index (χ0n) is 8.84. The zero-order chi connectivity index (χ0) is 11.3. The summed E-state index contributed by atoms with van der Waals surface area (Å²) in [7, 11) is 0. The average Bonchev–Trinajstić information content (AvgIpc) is 2.52. The predicted octanol–water partition coefficient (Wildman–Crippen LogP) is -0.250. The molecular weight excluding hydrogens is 196 g/mol. The highest BCUT2D eigenvalue weighted by Gasteiger charge is 2.25. The number of carbonyl (C=O) groups excluding carboxylic acids is 3. The third-order valence-electron chi connectivity index (χ3n) is 2.27. The zero-order valence-corrected chi connectivity index (χ0v) is 8.84. The van der Waals surface area contributed by atoms with E-state index < -0.39 is 6.04 Å². The molecule has 0 saturated carbocycles. The molecule has 5 heteroatoms. The van der Waals surface area contributed by atoms with Gasteiger partial charge in [0.2, 0.25) is 11.8 Å². The van der Waals surface area contributed by atoms with Crippen LogP contribution in [0.1, 0.15) is 32.6 Å². The molecule has 84 valence electrons. The van der Waals surface area contributed by atoms with E-state index in [1.54, 1.807) is 0 Å². The minimum Gasteiger partial charge on any atom is -0.354 e. The molecule has 0 spiro atoms. The van der Waals surface area contributed by atoms with E-state index in [-0.39, 0.29) is 24.0 Å². The van der Waals surface area contributed by atoms with Gasteiger partial charge >= 0.3 is 0 Å². The van der Waals surface area contributed by atoms with Gasteiger partial charge in [0.15, 0.2) is 0 Å². The van der Waals surface area contributed by atoms with Crippen LogP contribution in [-0.2, 0) is 14.4 Å². The van der Waals surface area contributed by atoms with Crippen LogP contribution in [0.2, 0.25) is 0 Å². The molecule has 1 rings (SSSR count). The topological polar surface area (TPSA) is 75.3 Å². The quantitative estimate of drug-likeness (QED) is 0.617. The van der Waals surface area contributed by atoms with Gasteiger partial charge in [0.1, 0.15) is 11.8 Å². The molecule has 0 aromatic rings. The van der Waals surface area contributed by atoms with E-state index in [2.05, 4.69) is 10.6 Å². The number of amides is 2. The summed E-state index contributed by atoms with van der Waals surface area (Å²) in [6, 6.07) is -0.452. The Morgan fingerprint density at radius 3 is 2.80 bits per heavy atom. The number of hydrogen-bond acceptors (Lipinski definition) is 3. The van der Waals surface area contributed by atoms with Gasteiger partial charge in [-0.1, -0.05) is 6.92 Å². The summed E-state index contributed by atoms with van der Waals surface area (Å²) < 4.78 is 0. The van der Waals surface area contributed by atoms with Crippen molar-refractivity contribution < 1.29 is 14.4 Å². The molecular formula is C10H16N2O3. The summed E-state index contributed by atoms with van der Waals surface area (Å²) in [6.45, 7) is 2.48. The molecule has 1 heterocycles. The van der Waals surface area contributed by atoms with Crippen molar-refractivity contribution in [1.29, 1.82) is 0 Å². The van der Waals surface area contributed by atoms with Crippen molar-refractivity contribution in [3.8, 4) is 0 Å². The highest BCUT2D eigenvalue weighted by atomic mass is 16.2. The number of Topliss-reactive ketones (excluding diaryl/α,β-unsaturated/α-hetero) is 1. The van der Waals surface area contributed by atoms with E-state index in [1.165, 1.54) is 0 Å². The summed E-state index contributed by atoms with van der Waals surface area (Å²) in [5, 5.41) is 5.16. The summed E-state index contributed by atoms with van der Waals surface area (Å²) in [6.07, 6.45) is 1.66. The van der Waals surface area contributed by atoms with E-state index in [0.29, 0.717) is 19.4 Å². The van der Waals surface area contributed by atoms with Crippen LogP contribution in [0, 0.1) is 0 Å². The number of carbonyl (C=O) groups is 3. The van der Waals surface area contributed by atoms with Gasteiger partial charge in [-0.25, -0.2) is 0 Å². The summed E-state index contributed by atoms with van der Waals surface area (Å²) in [5.74, 6) is -0.588. The van der Waals surface area contributed by atoms with Crippen molar-refractivity contribution in [2.24, 2.45) is 0 Å². The van der Waals surface area contributed by atoms with Crippen molar-refractivity contribution in [3.05, 3.63) is 0 Å². The highest BCUT2D eigenvalue weighted by Crippen LogP contribution is 2.01. The van der Waals surface area contributed by atoms with Gasteiger partial charge in [-0.2, -0.15) is 0 Å². The van der Waals surface area contributed by atoms with Gasteiger partial charge in [0, 0.05) is 13.0 Å². The lowest BCUT2D eigenvalue weighted by Gasteiger charge is -2.08. The van der Waals surface area contributed by atoms with Crippen molar-refractivity contribution >= 4 is 17.6 Å². The molecule has 2 amide bonds. The number of hydrogen-bond donors (Lipinski definition) is 2. The molecule has 0 bridgehead atoms. The van der Waals surface area contributed by atoms with Crippen molar-refractivity contribution in [2.45, 2.75) is 38.6 Å². The second kappa shape index (κ2) is 5.48. The van der Waals surface area contributed by atoms with Crippen molar-refractivity contribution in [2.75, 3.05) is 6.54 Å². The summed E-state index contributed by atoms with van der Waals surface area (Å²) in [5.41, 5.74) is 0. The van der Waals surface area contributed by atoms with E-state index in [0.717, 1.165) is 6.42 Å². The maximum Gasteiger partial charge on any atom is 0.242 e. The van der Waals surface area contributed by atoms with Gasteiger partial charge in [-0.15, -0.1) is 0 Å². The Balaban J connectivity index is 2.29. The van der Waals surface area contributed by atoms with E-state index >= 15 is 0 Å². The minimum atomic E-state index is -0.452. The lowest BCUT2D eigenvalue weighted by Crippen LogP contribution is -2.40. The fourth-order valence-corrected chi connectivity index (χ4v) is 1.52. The Kier molecular flexibility index (Phi) is 4.27. The van der Waals surface area contributed by atoms with Crippen LogP contribution in [0.15, 0.2) is 0 Å². The maximum absolute atomic E-state index is 11.3. The molecule has 0 radical (unpaired) electrons.